The molecule has 94 valence electrons. The van der Waals surface area contributed by atoms with Crippen molar-refractivity contribution in [1.29, 1.82) is 0 Å². The molecule has 0 amide bonds. The van der Waals surface area contributed by atoms with Gasteiger partial charge in [0.25, 0.3) is 0 Å². The molecular formula is C10H8ClF3O3. The predicted octanol–water partition coefficient (Wildman–Crippen LogP) is 2.95. The van der Waals surface area contributed by atoms with Crippen molar-refractivity contribution in [1.82, 2.24) is 0 Å². The molecule has 0 bridgehead atoms. The zero-order valence-corrected chi connectivity index (χ0v) is 9.43. The topological polar surface area (TPSA) is 35.5 Å². The molecule has 0 aliphatic carbocycles. The van der Waals surface area contributed by atoms with E-state index in [0.717, 1.165) is 13.2 Å². The molecular weight excluding hydrogens is 261 g/mol. The van der Waals surface area contributed by atoms with Crippen LogP contribution in [-0.4, -0.2) is 19.4 Å². The molecule has 17 heavy (non-hydrogen) atoms. The van der Waals surface area contributed by atoms with E-state index in [2.05, 4.69) is 9.47 Å². The Morgan fingerprint density at radius 2 is 2.06 bits per heavy atom. The molecule has 0 saturated heterocycles. The lowest BCUT2D eigenvalue weighted by Gasteiger charge is -2.13. The monoisotopic (exact) mass is 268 g/mol. The highest BCUT2D eigenvalue weighted by Gasteiger charge is 2.32. The van der Waals surface area contributed by atoms with E-state index in [1.54, 1.807) is 0 Å². The van der Waals surface area contributed by atoms with Crippen molar-refractivity contribution in [2.45, 2.75) is 12.8 Å². The third-order valence-electron chi connectivity index (χ3n) is 1.85. The van der Waals surface area contributed by atoms with E-state index < -0.39 is 18.1 Å². The number of rotatable bonds is 3. The van der Waals surface area contributed by atoms with E-state index in [1.165, 1.54) is 12.1 Å². The third-order valence-corrected chi connectivity index (χ3v) is 2.20. The molecule has 1 rings (SSSR count). The average Bonchev–Trinajstić information content (AvgIpc) is 2.20. The molecule has 1 aromatic rings. The number of benzene rings is 1. The number of carbonyl (C=O) groups excluding carboxylic acids is 1. The van der Waals surface area contributed by atoms with E-state index in [9.17, 15) is 18.0 Å². The van der Waals surface area contributed by atoms with Crippen LogP contribution in [0.1, 0.15) is 5.56 Å². The third kappa shape index (κ3) is 4.14. The van der Waals surface area contributed by atoms with E-state index in [-0.39, 0.29) is 17.0 Å². The number of carbonyl (C=O) groups is 1. The molecule has 3 nitrogen and oxygen atoms in total. The van der Waals surface area contributed by atoms with Gasteiger partial charge in [-0.15, -0.1) is 13.2 Å². The predicted molar refractivity (Wildman–Crippen MR) is 53.9 cm³/mol. The van der Waals surface area contributed by atoms with Crippen LogP contribution in [0.2, 0.25) is 5.02 Å². The summed E-state index contributed by atoms with van der Waals surface area (Å²) in [5.74, 6) is -1.21. The van der Waals surface area contributed by atoms with Crippen LogP contribution in [0.5, 0.6) is 5.75 Å². The van der Waals surface area contributed by atoms with E-state index in [4.69, 9.17) is 11.6 Å². The normalized spacial score (nSPS) is 11.1. The van der Waals surface area contributed by atoms with Gasteiger partial charge in [0.15, 0.2) is 0 Å². The van der Waals surface area contributed by atoms with Crippen molar-refractivity contribution in [3.63, 3.8) is 0 Å². The van der Waals surface area contributed by atoms with Crippen LogP contribution in [0.15, 0.2) is 18.2 Å². The van der Waals surface area contributed by atoms with E-state index in [1.807, 2.05) is 0 Å². The SMILES string of the molecule is COC(=O)Cc1c(Cl)cccc1OC(F)(F)F. The highest BCUT2D eigenvalue weighted by atomic mass is 35.5. The largest absolute Gasteiger partial charge is 0.573 e. The summed E-state index contributed by atoms with van der Waals surface area (Å²) in [6.07, 6.45) is -5.23. The molecule has 0 saturated carbocycles. The van der Waals surface area contributed by atoms with Gasteiger partial charge < -0.3 is 9.47 Å². The Balaban J connectivity index is 3.04. The first-order valence-electron chi connectivity index (χ1n) is 4.43. The molecule has 7 heteroatoms. The molecule has 0 N–H and O–H groups in total. The summed E-state index contributed by atoms with van der Waals surface area (Å²) in [4.78, 5) is 11.0. The quantitative estimate of drug-likeness (QED) is 0.791. The van der Waals surface area contributed by atoms with Crippen LogP contribution in [0.25, 0.3) is 0 Å². The second kappa shape index (κ2) is 5.27. The second-order valence-corrected chi connectivity index (χ2v) is 3.42. The lowest BCUT2D eigenvalue weighted by atomic mass is 10.1. The van der Waals surface area contributed by atoms with E-state index >= 15 is 0 Å². The molecule has 0 unspecified atom stereocenters. The van der Waals surface area contributed by atoms with Crippen molar-refractivity contribution < 1.29 is 27.4 Å². The number of esters is 1. The van der Waals surface area contributed by atoms with Gasteiger partial charge in [0.1, 0.15) is 5.75 Å². The van der Waals surface area contributed by atoms with Crippen LogP contribution in [0.3, 0.4) is 0 Å². The summed E-state index contributed by atoms with van der Waals surface area (Å²) in [5.41, 5.74) is -0.0571. The molecule has 0 aromatic heterocycles. The summed E-state index contributed by atoms with van der Waals surface area (Å²) >= 11 is 5.70. The Hall–Kier alpha value is -1.43. The van der Waals surface area contributed by atoms with Gasteiger partial charge >= 0.3 is 12.3 Å². The molecule has 0 aliphatic rings. The van der Waals surface area contributed by atoms with Gasteiger partial charge in [-0.25, -0.2) is 0 Å². The first-order chi connectivity index (χ1) is 7.83. The number of ether oxygens (including phenoxy) is 2. The van der Waals surface area contributed by atoms with Crippen LogP contribution < -0.4 is 4.74 Å². The van der Waals surface area contributed by atoms with E-state index in [0.29, 0.717) is 0 Å². The smallest absolute Gasteiger partial charge is 0.469 e. The molecule has 0 radical (unpaired) electrons. The summed E-state index contributed by atoms with van der Waals surface area (Å²) in [7, 11) is 1.13. The Morgan fingerprint density at radius 1 is 1.41 bits per heavy atom. The highest BCUT2D eigenvalue weighted by Crippen LogP contribution is 2.31. The van der Waals surface area contributed by atoms with Crippen LogP contribution in [0.4, 0.5) is 13.2 Å². The number of halogens is 4. The molecule has 0 fully saturated rings. The zero-order valence-electron chi connectivity index (χ0n) is 8.68. The van der Waals surface area contributed by atoms with Gasteiger partial charge in [-0.2, -0.15) is 0 Å². The second-order valence-electron chi connectivity index (χ2n) is 3.02. The van der Waals surface area contributed by atoms with Crippen molar-refractivity contribution in [3.05, 3.63) is 28.8 Å². The molecule has 1 aromatic carbocycles. The van der Waals surface area contributed by atoms with Crippen molar-refractivity contribution >= 4 is 17.6 Å². The van der Waals surface area contributed by atoms with Gasteiger partial charge in [-0.05, 0) is 12.1 Å². The highest BCUT2D eigenvalue weighted by molar-refractivity contribution is 6.31. The lowest BCUT2D eigenvalue weighted by Crippen LogP contribution is -2.19. The fourth-order valence-electron chi connectivity index (χ4n) is 1.15. The molecule has 0 heterocycles. The van der Waals surface area contributed by atoms with Crippen LogP contribution in [0, 0.1) is 0 Å². The number of hydrogen-bond donors (Lipinski definition) is 0. The molecule has 0 aliphatic heterocycles. The van der Waals surface area contributed by atoms with Gasteiger partial charge in [0.2, 0.25) is 0 Å². The maximum Gasteiger partial charge on any atom is 0.573 e. The Labute approximate surface area is 100 Å². The van der Waals surface area contributed by atoms with Gasteiger partial charge in [0.05, 0.1) is 13.5 Å². The standard InChI is InChI=1S/C10H8ClF3O3/c1-16-9(15)5-6-7(11)3-2-4-8(6)17-10(12,13)14/h2-4H,5H2,1H3. The summed E-state index contributed by atoms with van der Waals surface area (Å²) in [6, 6.07) is 3.74. The maximum absolute atomic E-state index is 12.1. The fourth-order valence-corrected chi connectivity index (χ4v) is 1.38. The van der Waals surface area contributed by atoms with Crippen LogP contribution in [-0.2, 0) is 16.0 Å². The summed E-state index contributed by atoms with van der Waals surface area (Å²) in [5, 5.41) is 0.0113. The van der Waals surface area contributed by atoms with Crippen molar-refractivity contribution in [2.24, 2.45) is 0 Å². The molecule has 0 atom stereocenters. The van der Waals surface area contributed by atoms with Gasteiger partial charge in [0, 0.05) is 10.6 Å². The zero-order chi connectivity index (χ0) is 13.1. The first-order valence-corrected chi connectivity index (χ1v) is 4.81. The summed E-state index contributed by atoms with van der Waals surface area (Å²) < 4.78 is 44.4. The van der Waals surface area contributed by atoms with Crippen LogP contribution >= 0.6 is 11.6 Å². The number of methoxy groups -OCH3 is 1. The Kier molecular flexibility index (Phi) is 4.22. The maximum atomic E-state index is 12.1. The average molecular weight is 269 g/mol. The Bertz CT molecular complexity index is 418. The minimum atomic E-state index is -4.84. The molecule has 0 spiro atoms. The number of alkyl halides is 3. The summed E-state index contributed by atoms with van der Waals surface area (Å²) in [6.45, 7) is 0. The Morgan fingerprint density at radius 3 is 2.59 bits per heavy atom. The fraction of sp³-hybridized carbons (Fsp3) is 0.300. The first kappa shape index (κ1) is 13.6. The number of hydrogen-bond acceptors (Lipinski definition) is 3. The van der Waals surface area contributed by atoms with Gasteiger partial charge in [-0.1, -0.05) is 17.7 Å². The minimum absolute atomic E-state index is 0.0113. The van der Waals surface area contributed by atoms with Crippen molar-refractivity contribution in [3.8, 4) is 5.75 Å². The van der Waals surface area contributed by atoms with Gasteiger partial charge in [-0.3, -0.25) is 4.79 Å². The lowest BCUT2D eigenvalue weighted by molar-refractivity contribution is -0.274. The van der Waals surface area contributed by atoms with Crippen molar-refractivity contribution in [2.75, 3.05) is 7.11 Å². The minimum Gasteiger partial charge on any atom is -0.469 e.